The van der Waals surface area contributed by atoms with Gasteiger partial charge in [-0.3, -0.25) is 9.59 Å². The number of anilines is 1. The second-order valence-corrected chi connectivity index (χ2v) is 10.4. The maximum absolute atomic E-state index is 13.1. The number of benzene rings is 2. The number of nitrogens with zero attached hydrogens (tertiary/aromatic N) is 1. The van der Waals surface area contributed by atoms with Crippen molar-refractivity contribution in [2.24, 2.45) is 5.92 Å². The van der Waals surface area contributed by atoms with Gasteiger partial charge in [0.15, 0.2) is 0 Å². The van der Waals surface area contributed by atoms with Crippen molar-refractivity contribution in [1.82, 2.24) is 9.62 Å². The summed E-state index contributed by atoms with van der Waals surface area (Å²) in [6.45, 7) is 6.37. The van der Waals surface area contributed by atoms with Gasteiger partial charge in [-0.05, 0) is 55.7 Å². The van der Waals surface area contributed by atoms with Crippen LogP contribution in [0.3, 0.4) is 0 Å². The minimum Gasteiger partial charge on any atom is -0.348 e. The van der Waals surface area contributed by atoms with Gasteiger partial charge >= 0.3 is 0 Å². The SMILES string of the molecule is CC(C)C(=O)Nc1ccc(CNC(=O)c2cccc(S(=O)(=O)N3CCCC[C@H]3C)c2)cc1. The highest BCUT2D eigenvalue weighted by Crippen LogP contribution is 2.25. The lowest BCUT2D eigenvalue weighted by Gasteiger charge is -2.32. The van der Waals surface area contributed by atoms with Gasteiger partial charge in [0.1, 0.15) is 0 Å². The predicted octanol–water partition coefficient (Wildman–Crippen LogP) is 3.77. The summed E-state index contributed by atoms with van der Waals surface area (Å²) in [7, 11) is -3.64. The van der Waals surface area contributed by atoms with Gasteiger partial charge in [0.05, 0.1) is 4.90 Å². The Kier molecular flexibility index (Phi) is 7.69. The molecule has 0 saturated carbocycles. The van der Waals surface area contributed by atoms with Crippen molar-refractivity contribution in [3.63, 3.8) is 0 Å². The van der Waals surface area contributed by atoms with Gasteiger partial charge in [0.25, 0.3) is 5.91 Å². The lowest BCUT2D eigenvalue weighted by molar-refractivity contribution is -0.118. The van der Waals surface area contributed by atoms with Gasteiger partial charge in [-0.25, -0.2) is 8.42 Å². The quantitative estimate of drug-likeness (QED) is 0.662. The summed E-state index contributed by atoms with van der Waals surface area (Å²) in [5.74, 6) is -0.502. The number of sulfonamides is 1. The molecule has 0 aliphatic carbocycles. The molecule has 0 unspecified atom stereocenters. The van der Waals surface area contributed by atoms with Crippen LogP contribution in [0.5, 0.6) is 0 Å². The van der Waals surface area contributed by atoms with E-state index in [-0.39, 0.29) is 35.2 Å². The van der Waals surface area contributed by atoms with Gasteiger partial charge in [-0.15, -0.1) is 0 Å². The minimum absolute atomic E-state index is 0.0421. The third-order valence-electron chi connectivity index (χ3n) is 5.64. The molecule has 32 heavy (non-hydrogen) atoms. The van der Waals surface area contributed by atoms with E-state index in [2.05, 4.69) is 10.6 Å². The van der Waals surface area contributed by atoms with Crippen molar-refractivity contribution in [2.75, 3.05) is 11.9 Å². The first-order valence-corrected chi connectivity index (χ1v) is 12.4. The zero-order valence-electron chi connectivity index (χ0n) is 18.8. The maximum atomic E-state index is 13.1. The molecule has 1 aliphatic rings. The molecular weight excluding hydrogens is 426 g/mol. The molecule has 3 rings (SSSR count). The average Bonchev–Trinajstić information content (AvgIpc) is 2.78. The average molecular weight is 458 g/mol. The molecular formula is C24H31N3O4S. The zero-order chi connectivity index (χ0) is 23.3. The molecule has 2 aromatic carbocycles. The van der Waals surface area contributed by atoms with Crippen molar-refractivity contribution in [3.05, 3.63) is 59.7 Å². The number of carbonyl (C=O) groups is 2. The Morgan fingerprint density at radius 2 is 1.81 bits per heavy atom. The number of amides is 2. The Balaban J connectivity index is 1.64. The second kappa shape index (κ2) is 10.3. The normalized spacial score (nSPS) is 17.2. The molecule has 2 aromatic rings. The molecule has 0 radical (unpaired) electrons. The smallest absolute Gasteiger partial charge is 0.251 e. The summed E-state index contributed by atoms with van der Waals surface area (Å²) in [5, 5.41) is 5.65. The van der Waals surface area contributed by atoms with Crippen LogP contribution in [-0.4, -0.2) is 37.1 Å². The predicted molar refractivity (Wildman–Crippen MR) is 125 cm³/mol. The summed E-state index contributed by atoms with van der Waals surface area (Å²) in [6, 6.07) is 13.4. The maximum Gasteiger partial charge on any atom is 0.251 e. The fourth-order valence-electron chi connectivity index (χ4n) is 3.64. The van der Waals surface area contributed by atoms with Gasteiger partial charge in [-0.2, -0.15) is 4.31 Å². The van der Waals surface area contributed by atoms with Gasteiger partial charge in [0, 0.05) is 36.3 Å². The van der Waals surface area contributed by atoms with E-state index in [0.717, 1.165) is 24.8 Å². The summed E-state index contributed by atoms with van der Waals surface area (Å²) in [4.78, 5) is 24.6. The molecule has 1 aliphatic heterocycles. The van der Waals surface area contributed by atoms with Crippen LogP contribution in [-0.2, 0) is 21.4 Å². The summed E-state index contributed by atoms with van der Waals surface area (Å²) in [6.07, 6.45) is 2.73. The standard InChI is InChI=1S/C24H31N3O4S/c1-17(2)23(28)26-21-12-10-19(11-13-21)16-25-24(29)20-8-6-9-22(15-20)32(30,31)27-14-5-4-7-18(27)3/h6,8-13,15,17-18H,4-5,7,14,16H2,1-3H3,(H,25,29)(H,26,28)/t18-/m1/s1. The van der Waals surface area contributed by atoms with Gasteiger partial charge in [0.2, 0.25) is 15.9 Å². The fraction of sp³-hybridized carbons (Fsp3) is 0.417. The molecule has 2 amide bonds. The summed E-state index contributed by atoms with van der Waals surface area (Å²) < 4.78 is 27.7. The fourth-order valence-corrected chi connectivity index (χ4v) is 5.38. The molecule has 8 heteroatoms. The van der Waals surface area contributed by atoms with E-state index in [0.29, 0.717) is 17.8 Å². The number of rotatable bonds is 7. The Morgan fingerprint density at radius 1 is 1.09 bits per heavy atom. The first kappa shape index (κ1) is 23.9. The molecule has 1 heterocycles. The van der Waals surface area contributed by atoms with E-state index in [1.165, 1.54) is 16.4 Å². The number of carbonyl (C=O) groups excluding carboxylic acids is 2. The summed E-state index contributed by atoms with van der Waals surface area (Å²) >= 11 is 0. The van der Waals surface area contributed by atoms with Crippen molar-refractivity contribution in [1.29, 1.82) is 0 Å². The molecule has 1 saturated heterocycles. The third kappa shape index (κ3) is 5.75. The number of hydrogen-bond acceptors (Lipinski definition) is 4. The third-order valence-corrected chi connectivity index (χ3v) is 7.65. The molecule has 172 valence electrons. The van der Waals surface area contributed by atoms with E-state index in [1.54, 1.807) is 24.3 Å². The van der Waals surface area contributed by atoms with E-state index >= 15 is 0 Å². The molecule has 0 bridgehead atoms. The Bertz CT molecular complexity index is 1060. The van der Waals surface area contributed by atoms with Crippen LogP contribution in [0.1, 0.15) is 56.0 Å². The van der Waals surface area contributed by atoms with E-state index < -0.39 is 10.0 Å². The first-order chi connectivity index (χ1) is 15.2. The molecule has 2 N–H and O–H groups in total. The lowest BCUT2D eigenvalue weighted by atomic mass is 10.1. The number of nitrogens with one attached hydrogen (secondary N) is 2. The largest absolute Gasteiger partial charge is 0.348 e. The Hall–Kier alpha value is -2.71. The van der Waals surface area contributed by atoms with Crippen molar-refractivity contribution < 1.29 is 18.0 Å². The van der Waals surface area contributed by atoms with Crippen LogP contribution >= 0.6 is 0 Å². The van der Waals surface area contributed by atoms with Crippen LogP contribution in [0.15, 0.2) is 53.4 Å². The molecule has 0 spiro atoms. The van der Waals surface area contributed by atoms with E-state index in [9.17, 15) is 18.0 Å². The topological polar surface area (TPSA) is 95.6 Å². The monoisotopic (exact) mass is 457 g/mol. The van der Waals surface area contributed by atoms with E-state index in [4.69, 9.17) is 0 Å². The Labute approximate surface area is 190 Å². The molecule has 7 nitrogen and oxygen atoms in total. The highest BCUT2D eigenvalue weighted by atomic mass is 32.2. The highest BCUT2D eigenvalue weighted by molar-refractivity contribution is 7.89. The lowest BCUT2D eigenvalue weighted by Crippen LogP contribution is -2.42. The van der Waals surface area contributed by atoms with Crippen LogP contribution in [0, 0.1) is 5.92 Å². The second-order valence-electron chi connectivity index (χ2n) is 8.51. The zero-order valence-corrected chi connectivity index (χ0v) is 19.6. The van der Waals surface area contributed by atoms with Gasteiger partial charge < -0.3 is 10.6 Å². The minimum atomic E-state index is -3.64. The number of hydrogen-bond donors (Lipinski definition) is 2. The van der Waals surface area contributed by atoms with Crippen LogP contribution in [0.25, 0.3) is 0 Å². The van der Waals surface area contributed by atoms with Gasteiger partial charge in [-0.1, -0.05) is 38.5 Å². The van der Waals surface area contributed by atoms with Crippen LogP contribution in [0.2, 0.25) is 0 Å². The summed E-state index contributed by atoms with van der Waals surface area (Å²) in [5.41, 5.74) is 1.87. The van der Waals surface area contributed by atoms with E-state index in [1.807, 2.05) is 32.9 Å². The number of piperidine rings is 1. The first-order valence-electron chi connectivity index (χ1n) is 11.0. The molecule has 0 aromatic heterocycles. The Morgan fingerprint density at radius 3 is 2.47 bits per heavy atom. The van der Waals surface area contributed by atoms with Crippen LogP contribution < -0.4 is 10.6 Å². The highest BCUT2D eigenvalue weighted by Gasteiger charge is 2.31. The molecule has 1 fully saturated rings. The van der Waals surface area contributed by atoms with Crippen molar-refractivity contribution >= 4 is 27.5 Å². The van der Waals surface area contributed by atoms with Crippen molar-refractivity contribution in [3.8, 4) is 0 Å². The van der Waals surface area contributed by atoms with Crippen LogP contribution in [0.4, 0.5) is 5.69 Å². The van der Waals surface area contributed by atoms with Crippen molar-refractivity contribution in [2.45, 2.75) is 57.5 Å². The molecule has 1 atom stereocenters.